The van der Waals surface area contributed by atoms with E-state index >= 15 is 0 Å². The van der Waals surface area contributed by atoms with Crippen molar-refractivity contribution in [1.29, 1.82) is 0 Å². The van der Waals surface area contributed by atoms with Crippen molar-refractivity contribution in [3.05, 3.63) is 64.2 Å². The summed E-state index contributed by atoms with van der Waals surface area (Å²) >= 11 is 0. The van der Waals surface area contributed by atoms with Crippen LogP contribution in [-0.2, 0) is 20.2 Å². The van der Waals surface area contributed by atoms with E-state index in [1.807, 2.05) is 24.3 Å². The van der Waals surface area contributed by atoms with Crippen molar-refractivity contribution in [2.24, 2.45) is 0 Å². The molecule has 1 saturated heterocycles. The molecular weight excluding hydrogens is 359 g/mol. The Morgan fingerprint density at radius 3 is 2.14 bits per heavy atom. The van der Waals surface area contributed by atoms with Gasteiger partial charge in [0.25, 0.3) is 0 Å². The molecule has 1 aliphatic carbocycles. The molecule has 1 fully saturated rings. The zero-order valence-corrected chi connectivity index (χ0v) is 18.3. The Balaban J connectivity index is 1.67. The molecule has 2 aliphatic rings. The second-order valence-electron chi connectivity index (χ2n) is 9.87. The Hall–Kier alpha value is -1.91. The van der Waals surface area contributed by atoms with Crippen LogP contribution in [-0.4, -0.2) is 32.4 Å². The van der Waals surface area contributed by atoms with Gasteiger partial charge in [-0.05, 0) is 58.8 Å². The number of hydrogen-bond acceptors (Lipinski definition) is 3. The lowest BCUT2D eigenvalue weighted by Gasteiger charge is -2.42. The number of fused-ring (bicyclic) bond motifs is 1. The molecule has 2 aromatic rings. The number of ketones is 1. The van der Waals surface area contributed by atoms with Crippen LogP contribution in [0.2, 0.25) is 0 Å². The molecule has 0 spiro atoms. The molecule has 0 N–H and O–H groups in total. The summed E-state index contributed by atoms with van der Waals surface area (Å²) in [5.41, 5.74) is 6.64. The Morgan fingerprint density at radius 2 is 1.55 bits per heavy atom. The molecule has 0 saturated carbocycles. The van der Waals surface area contributed by atoms with E-state index in [2.05, 4.69) is 46.8 Å². The van der Waals surface area contributed by atoms with Gasteiger partial charge >= 0.3 is 6.92 Å². The Bertz CT molecular complexity index is 922. The predicted octanol–water partition coefficient (Wildman–Crippen LogP) is 4.36. The summed E-state index contributed by atoms with van der Waals surface area (Å²) in [6.45, 7) is 13.1. The molecule has 0 bridgehead atoms. The summed E-state index contributed by atoms with van der Waals surface area (Å²) in [4.78, 5) is 13.4. The Morgan fingerprint density at radius 1 is 0.931 bits per heavy atom. The quantitative estimate of drug-likeness (QED) is 0.577. The highest BCUT2D eigenvalue weighted by Crippen LogP contribution is 2.46. The van der Waals surface area contributed by atoms with Crippen LogP contribution in [0.1, 0.15) is 73.1 Å². The first-order valence-electron chi connectivity index (χ1n) is 10.7. The average Bonchev–Trinajstić information content (AvgIpc) is 2.71. The molecule has 0 amide bonds. The van der Waals surface area contributed by atoms with Gasteiger partial charge in [-0.2, -0.15) is 0 Å². The third-order valence-electron chi connectivity index (χ3n) is 6.80. The normalized spacial score (nSPS) is 20.2. The SMILES string of the molecule is Cc1cc2c(cc1C(=O)c1ccc(B3COCCO3)cc1)C(C)(C)CCC2(C)C. The Kier molecular flexibility index (Phi) is 5.20. The third-order valence-corrected chi connectivity index (χ3v) is 6.80. The largest absolute Gasteiger partial charge is 0.427 e. The fourth-order valence-electron chi connectivity index (χ4n) is 4.65. The monoisotopic (exact) mass is 390 g/mol. The van der Waals surface area contributed by atoms with Gasteiger partial charge in [0.15, 0.2) is 5.78 Å². The van der Waals surface area contributed by atoms with Crippen molar-refractivity contribution in [1.82, 2.24) is 0 Å². The number of aryl methyl sites for hydroxylation is 1. The predicted molar refractivity (Wildman–Crippen MR) is 118 cm³/mol. The molecular formula is C25H31BO3. The van der Waals surface area contributed by atoms with Crippen LogP contribution in [0.3, 0.4) is 0 Å². The molecule has 0 radical (unpaired) electrons. The number of carbonyl (C=O) groups excluding carboxylic acids is 1. The van der Waals surface area contributed by atoms with Gasteiger partial charge < -0.3 is 9.39 Å². The molecule has 0 aromatic heterocycles. The molecule has 1 aliphatic heterocycles. The van der Waals surface area contributed by atoms with Crippen molar-refractivity contribution in [3.8, 4) is 0 Å². The highest BCUT2D eigenvalue weighted by atomic mass is 16.5. The van der Waals surface area contributed by atoms with Gasteiger partial charge in [0.1, 0.15) is 0 Å². The summed E-state index contributed by atoms with van der Waals surface area (Å²) in [5.74, 6) is 0.0943. The summed E-state index contributed by atoms with van der Waals surface area (Å²) in [6.07, 6.45) is 2.32. The average molecular weight is 390 g/mol. The van der Waals surface area contributed by atoms with E-state index in [-0.39, 0.29) is 23.5 Å². The number of benzene rings is 2. The zero-order valence-electron chi connectivity index (χ0n) is 18.3. The van der Waals surface area contributed by atoms with Gasteiger partial charge in [0.05, 0.1) is 19.7 Å². The molecule has 0 unspecified atom stereocenters. The molecule has 4 rings (SSSR count). The van der Waals surface area contributed by atoms with Gasteiger partial charge in [-0.15, -0.1) is 0 Å². The van der Waals surface area contributed by atoms with Crippen LogP contribution >= 0.6 is 0 Å². The maximum Gasteiger partial charge on any atom is 0.353 e. The van der Waals surface area contributed by atoms with Gasteiger partial charge in [-0.25, -0.2) is 0 Å². The third kappa shape index (κ3) is 3.81. The number of rotatable bonds is 3. The lowest BCUT2D eigenvalue weighted by Crippen LogP contribution is -2.43. The second kappa shape index (κ2) is 7.41. The lowest BCUT2D eigenvalue weighted by molar-refractivity contribution is 0.0880. The second-order valence-corrected chi connectivity index (χ2v) is 9.87. The topological polar surface area (TPSA) is 35.5 Å². The molecule has 1 heterocycles. The minimum absolute atomic E-state index is 0.0404. The van der Waals surface area contributed by atoms with Crippen molar-refractivity contribution < 1.29 is 14.2 Å². The molecule has 2 aromatic carbocycles. The van der Waals surface area contributed by atoms with E-state index in [0.717, 1.165) is 28.6 Å². The van der Waals surface area contributed by atoms with E-state index in [1.54, 1.807) is 0 Å². The minimum Gasteiger partial charge on any atom is -0.427 e. The summed E-state index contributed by atoms with van der Waals surface area (Å²) in [7, 11) is 0. The standard InChI is InChI=1S/C25H31BO3/c1-17-14-21-22(25(4,5)11-10-24(21,2)3)15-20(17)23(27)18-6-8-19(9-7-18)26-16-28-12-13-29-26/h6-9,14-15H,10-13,16H2,1-5H3. The maximum atomic E-state index is 13.4. The van der Waals surface area contributed by atoms with Crippen molar-refractivity contribution >= 4 is 18.2 Å². The molecule has 3 nitrogen and oxygen atoms in total. The highest BCUT2D eigenvalue weighted by Gasteiger charge is 2.38. The number of hydrogen-bond donors (Lipinski definition) is 0. The first-order chi connectivity index (χ1) is 13.7. The molecule has 29 heavy (non-hydrogen) atoms. The fraction of sp³-hybridized carbons (Fsp3) is 0.480. The summed E-state index contributed by atoms with van der Waals surface area (Å²) in [6, 6.07) is 12.2. The number of carbonyl (C=O) groups is 1. The fourth-order valence-corrected chi connectivity index (χ4v) is 4.65. The van der Waals surface area contributed by atoms with Crippen molar-refractivity contribution in [2.45, 2.75) is 58.3 Å². The Labute approximate surface area is 174 Å². The van der Waals surface area contributed by atoms with E-state index < -0.39 is 0 Å². The summed E-state index contributed by atoms with van der Waals surface area (Å²) in [5, 5.41) is 0. The highest BCUT2D eigenvalue weighted by molar-refractivity contribution is 6.67. The van der Waals surface area contributed by atoms with Crippen molar-refractivity contribution in [2.75, 3.05) is 19.7 Å². The number of ether oxygens (including phenoxy) is 1. The van der Waals surface area contributed by atoms with Crippen LogP contribution in [0.5, 0.6) is 0 Å². The lowest BCUT2D eigenvalue weighted by atomic mass is 9.61. The molecule has 0 atom stereocenters. The van der Waals surface area contributed by atoms with E-state index in [4.69, 9.17) is 9.39 Å². The first kappa shape index (κ1) is 20.4. The molecule has 152 valence electrons. The molecule has 4 heteroatoms. The van der Waals surface area contributed by atoms with E-state index in [0.29, 0.717) is 19.7 Å². The first-order valence-corrected chi connectivity index (χ1v) is 10.7. The summed E-state index contributed by atoms with van der Waals surface area (Å²) < 4.78 is 11.3. The van der Waals surface area contributed by atoms with Gasteiger partial charge in [-0.3, -0.25) is 4.79 Å². The maximum absolute atomic E-state index is 13.4. The van der Waals surface area contributed by atoms with Crippen LogP contribution in [0.15, 0.2) is 36.4 Å². The van der Waals surface area contributed by atoms with Crippen LogP contribution in [0.25, 0.3) is 0 Å². The van der Waals surface area contributed by atoms with E-state index in [9.17, 15) is 4.79 Å². The van der Waals surface area contributed by atoms with E-state index in [1.165, 1.54) is 17.5 Å². The van der Waals surface area contributed by atoms with Gasteiger partial charge in [0, 0.05) is 11.1 Å². The van der Waals surface area contributed by atoms with Crippen LogP contribution in [0.4, 0.5) is 0 Å². The van der Waals surface area contributed by atoms with Crippen LogP contribution < -0.4 is 5.46 Å². The minimum atomic E-state index is -0.0404. The van der Waals surface area contributed by atoms with Crippen molar-refractivity contribution in [3.63, 3.8) is 0 Å². The zero-order chi connectivity index (χ0) is 20.8. The smallest absolute Gasteiger partial charge is 0.353 e. The van der Waals surface area contributed by atoms with Gasteiger partial charge in [0.2, 0.25) is 0 Å². The van der Waals surface area contributed by atoms with Gasteiger partial charge in [-0.1, -0.05) is 58.0 Å². The van der Waals surface area contributed by atoms with Crippen LogP contribution in [0, 0.1) is 6.92 Å².